The highest BCUT2D eigenvalue weighted by Gasteiger charge is 2.60. The Morgan fingerprint density at radius 3 is 2.60 bits per heavy atom. The molecule has 160 valence electrons. The maximum absolute atomic E-state index is 13.0. The zero-order valence-electron chi connectivity index (χ0n) is 18.5. The Hall–Kier alpha value is -1.32. The molecule has 1 N–H and O–H groups in total. The minimum absolute atomic E-state index is 0.0395. The fraction of sp³-hybridized carbons (Fsp3) is 0.593. The first kappa shape index (κ1) is 20.6. The van der Waals surface area contributed by atoms with Crippen molar-refractivity contribution in [1.82, 2.24) is 0 Å². The summed E-state index contributed by atoms with van der Waals surface area (Å²) < 4.78 is 0. The van der Waals surface area contributed by atoms with Gasteiger partial charge in [0, 0.05) is 28.1 Å². The number of hydrogen-bond donors (Lipinski definition) is 1. The van der Waals surface area contributed by atoms with Gasteiger partial charge in [0.2, 0.25) is 0 Å². The Labute approximate surface area is 185 Å². The molecule has 1 aromatic carbocycles. The number of allylic oxidation sites excluding steroid dienone is 2. The van der Waals surface area contributed by atoms with E-state index in [-0.39, 0.29) is 10.8 Å². The number of rotatable bonds is 3. The van der Waals surface area contributed by atoms with Crippen LogP contribution in [0.2, 0.25) is 0 Å². The monoisotopic (exact) mass is 422 g/mol. The number of carbonyl (C=O) groups excluding carboxylic acids is 1. The standard InChI is InChI=1S/C27H34O2S/c1-25-14-13-24(28)20(17-30-18-7-5-4-6-8-18)21(25)10-9-19-22(25)11-15-26(2)23(19)12-16-27(26,3)29/h4-8,12,16,19,22-23,29H,9-11,13-15,17H2,1-3H3/t19-,22+,23+,25+,26+,27+/m1/s1. The minimum atomic E-state index is -0.695. The zero-order valence-corrected chi connectivity index (χ0v) is 19.3. The third kappa shape index (κ3) is 2.92. The SMILES string of the molecule is C[C@]12CCC(=O)C(CSc3ccccc3)=C1CC[C@@H]1[C@@H]2CC[C@@]2(C)[C@H]1C=C[C@]2(C)O. The van der Waals surface area contributed by atoms with Gasteiger partial charge in [0.1, 0.15) is 0 Å². The molecule has 30 heavy (non-hydrogen) atoms. The lowest BCUT2D eigenvalue weighted by Crippen LogP contribution is -2.54. The number of Topliss-reactive ketones (excluding diaryl/α,β-unsaturated/α-hetero) is 1. The number of thioether (sulfide) groups is 1. The maximum Gasteiger partial charge on any atom is 0.159 e. The molecular formula is C27H34O2S. The maximum atomic E-state index is 13.0. The molecule has 4 aliphatic rings. The smallest absolute Gasteiger partial charge is 0.159 e. The molecule has 0 aromatic heterocycles. The molecule has 0 unspecified atom stereocenters. The predicted octanol–water partition coefficient (Wildman–Crippen LogP) is 6.21. The predicted molar refractivity (Wildman–Crippen MR) is 123 cm³/mol. The molecule has 1 aromatic rings. The molecule has 2 nitrogen and oxygen atoms in total. The van der Waals surface area contributed by atoms with Gasteiger partial charge >= 0.3 is 0 Å². The van der Waals surface area contributed by atoms with Gasteiger partial charge in [-0.05, 0) is 74.3 Å². The van der Waals surface area contributed by atoms with Gasteiger partial charge in [-0.2, -0.15) is 0 Å². The van der Waals surface area contributed by atoms with Crippen molar-refractivity contribution >= 4 is 17.5 Å². The summed E-state index contributed by atoms with van der Waals surface area (Å²) in [6.07, 6.45) is 10.6. The van der Waals surface area contributed by atoms with Crippen molar-refractivity contribution in [3.63, 3.8) is 0 Å². The average molecular weight is 423 g/mol. The van der Waals surface area contributed by atoms with Crippen molar-refractivity contribution in [2.45, 2.75) is 69.8 Å². The summed E-state index contributed by atoms with van der Waals surface area (Å²) in [5.74, 6) is 2.90. The van der Waals surface area contributed by atoms with Crippen LogP contribution in [0.25, 0.3) is 0 Å². The van der Waals surface area contributed by atoms with Crippen LogP contribution in [0.3, 0.4) is 0 Å². The first-order chi connectivity index (χ1) is 14.3. The fourth-order valence-electron chi connectivity index (χ4n) is 7.34. The van der Waals surface area contributed by atoms with Crippen LogP contribution in [0.5, 0.6) is 0 Å². The number of carbonyl (C=O) groups is 1. The zero-order chi connectivity index (χ0) is 21.1. The van der Waals surface area contributed by atoms with Gasteiger partial charge in [0.15, 0.2) is 5.78 Å². The van der Waals surface area contributed by atoms with E-state index < -0.39 is 5.60 Å². The summed E-state index contributed by atoms with van der Waals surface area (Å²) in [6.45, 7) is 6.75. The fourth-order valence-corrected chi connectivity index (χ4v) is 8.34. The minimum Gasteiger partial charge on any atom is -0.385 e. The van der Waals surface area contributed by atoms with E-state index in [1.807, 2.05) is 13.0 Å². The van der Waals surface area contributed by atoms with E-state index in [1.165, 1.54) is 16.9 Å². The third-order valence-electron chi connectivity index (χ3n) is 9.41. The van der Waals surface area contributed by atoms with Gasteiger partial charge in [-0.15, -0.1) is 11.8 Å². The largest absolute Gasteiger partial charge is 0.385 e. The molecule has 4 aliphatic carbocycles. The highest BCUT2D eigenvalue weighted by Crippen LogP contribution is 2.66. The Morgan fingerprint density at radius 1 is 1.07 bits per heavy atom. The summed E-state index contributed by atoms with van der Waals surface area (Å²) >= 11 is 1.81. The van der Waals surface area contributed by atoms with Crippen LogP contribution >= 0.6 is 11.8 Å². The molecule has 2 fully saturated rings. The second-order valence-electron chi connectivity index (χ2n) is 10.7. The van der Waals surface area contributed by atoms with Crippen LogP contribution in [0.4, 0.5) is 0 Å². The topological polar surface area (TPSA) is 37.3 Å². The first-order valence-electron chi connectivity index (χ1n) is 11.6. The second kappa shape index (κ2) is 7.10. The van der Waals surface area contributed by atoms with Crippen molar-refractivity contribution in [2.24, 2.45) is 28.6 Å². The molecule has 0 spiro atoms. The van der Waals surface area contributed by atoms with E-state index in [4.69, 9.17) is 0 Å². The second-order valence-corrected chi connectivity index (χ2v) is 11.7. The van der Waals surface area contributed by atoms with E-state index >= 15 is 0 Å². The normalized spacial score (nSPS) is 42.7. The van der Waals surface area contributed by atoms with E-state index in [9.17, 15) is 9.90 Å². The van der Waals surface area contributed by atoms with Crippen molar-refractivity contribution in [2.75, 3.05) is 5.75 Å². The summed E-state index contributed by atoms with van der Waals surface area (Å²) in [5, 5.41) is 11.0. The Kier molecular flexibility index (Phi) is 4.87. The molecule has 0 saturated heterocycles. The lowest BCUT2D eigenvalue weighted by atomic mass is 9.46. The van der Waals surface area contributed by atoms with Gasteiger partial charge < -0.3 is 5.11 Å². The van der Waals surface area contributed by atoms with Crippen LogP contribution in [0, 0.1) is 28.6 Å². The van der Waals surface area contributed by atoms with Crippen LogP contribution in [-0.4, -0.2) is 22.2 Å². The van der Waals surface area contributed by atoms with Crippen molar-refractivity contribution in [1.29, 1.82) is 0 Å². The van der Waals surface area contributed by atoms with Crippen molar-refractivity contribution < 1.29 is 9.90 Å². The van der Waals surface area contributed by atoms with E-state index in [1.54, 1.807) is 11.8 Å². The number of ketones is 1. The molecule has 0 aliphatic heterocycles. The van der Waals surface area contributed by atoms with Gasteiger partial charge in [0.25, 0.3) is 0 Å². The highest BCUT2D eigenvalue weighted by atomic mass is 32.2. The Morgan fingerprint density at radius 2 is 1.83 bits per heavy atom. The lowest BCUT2D eigenvalue weighted by Gasteiger charge is -2.59. The first-order valence-corrected chi connectivity index (χ1v) is 12.6. The van der Waals surface area contributed by atoms with Crippen LogP contribution in [-0.2, 0) is 4.79 Å². The van der Waals surface area contributed by atoms with Gasteiger partial charge in [0.05, 0.1) is 5.60 Å². The van der Waals surface area contributed by atoms with Crippen molar-refractivity contribution in [3.8, 4) is 0 Å². The summed E-state index contributed by atoms with van der Waals surface area (Å²) in [4.78, 5) is 14.2. The van der Waals surface area contributed by atoms with E-state index in [0.29, 0.717) is 30.0 Å². The molecule has 6 atom stereocenters. The number of fused-ring (bicyclic) bond motifs is 5. The summed E-state index contributed by atoms with van der Waals surface area (Å²) in [7, 11) is 0. The highest BCUT2D eigenvalue weighted by molar-refractivity contribution is 7.99. The summed E-state index contributed by atoms with van der Waals surface area (Å²) in [6, 6.07) is 10.5. The van der Waals surface area contributed by atoms with Crippen molar-refractivity contribution in [3.05, 3.63) is 53.6 Å². The number of aliphatic hydroxyl groups is 1. The van der Waals surface area contributed by atoms with Gasteiger partial charge in [-0.25, -0.2) is 0 Å². The molecule has 3 heteroatoms. The third-order valence-corrected chi connectivity index (χ3v) is 10.4. The number of benzene rings is 1. The molecule has 0 bridgehead atoms. The Balaban J connectivity index is 1.45. The van der Waals surface area contributed by atoms with Crippen LogP contribution < -0.4 is 0 Å². The van der Waals surface area contributed by atoms with E-state index in [0.717, 1.165) is 37.0 Å². The molecule has 0 amide bonds. The molecule has 0 heterocycles. The molecular weight excluding hydrogens is 388 g/mol. The molecule has 0 radical (unpaired) electrons. The lowest BCUT2D eigenvalue weighted by molar-refractivity contribution is -0.121. The quantitative estimate of drug-likeness (QED) is 0.465. The van der Waals surface area contributed by atoms with Crippen LogP contribution in [0.15, 0.2) is 58.5 Å². The average Bonchev–Trinajstić information content (AvgIpc) is 2.98. The molecule has 5 rings (SSSR count). The van der Waals surface area contributed by atoms with Gasteiger partial charge in [-0.1, -0.05) is 49.8 Å². The number of hydrogen-bond acceptors (Lipinski definition) is 3. The summed E-state index contributed by atoms with van der Waals surface area (Å²) in [5.41, 5.74) is 2.01. The Bertz CT molecular complexity index is 914. The van der Waals surface area contributed by atoms with Gasteiger partial charge in [-0.3, -0.25) is 4.79 Å². The van der Waals surface area contributed by atoms with E-state index in [2.05, 4.69) is 50.3 Å². The molecule has 2 saturated carbocycles. The van der Waals surface area contributed by atoms with Crippen LogP contribution in [0.1, 0.15) is 59.3 Å².